The van der Waals surface area contributed by atoms with Gasteiger partial charge in [0.25, 0.3) is 0 Å². The largest absolute Gasteiger partial charge is 0.444 e. The Morgan fingerprint density at radius 3 is 2.77 bits per heavy atom. The maximum atomic E-state index is 12.1. The zero-order valence-electron chi connectivity index (χ0n) is 16.1. The van der Waals surface area contributed by atoms with E-state index in [1.165, 1.54) is 0 Å². The van der Waals surface area contributed by atoms with Crippen LogP contribution >= 0.6 is 0 Å². The van der Waals surface area contributed by atoms with E-state index in [4.69, 9.17) is 4.74 Å². The number of alkyl carbamates (subject to hydrolysis) is 1. The van der Waals surface area contributed by atoms with E-state index < -0.39 is 5.60 Å². The van der Waals surface area contributed by atoms with Crippen molar-refractivity contribution in [3.05, 3.63) is 24.3 Å². The van der Waals surface area contributed by atoms with Crippen molar-refractivity contribution in [1.82, 2.24) is 20.3 Å². The molecule has 7 nitrogen and oxygen atoms in total. The maximum Gasteiger partial charge on any atom is 0.407 e. The minimum atomic E-state index is -0.504. The van der Waals surface area contributed by atoms with E-state index in [1.807, 2.05) is 40.1 Å². The first-order valence-electron chi connectivity index (χ1n) is 9.02. The molecular formula is C19H27N5O2. The first kappa shape index (κ1) is 18.4. The number of nitrogens with zero attached hydrogens (tertiary/aromatic N) is 4. The van der Waals surface area contributed by atoms with Crippen molar-refractivity contribution in [3.63, 3.8) is 0 Å². The molecule has 1 aliphatic heterocycles. The summed E-state index contributed by atoms with van der Waals surface area (Å²) in [4.78, 5) is 27.6. The van der Waals surface area contributed by atoms with E-state index in [2.05, 4.69) is 32.1 Å². The average Bonchev–Trinajstić information content (AvgIpc) is 2.53. The maximum absolute atomic E-state index is 12.1. The summed E-state index contributed by atoms with van der Waals surface area (Å²) >= 11 is 0. The van der Waals surface area contributed by atoms with Gasteiger partial charge >= 0.3 is 6.09 Å². The number of fused-ring (bicyclic) bond motifs is 1. The Bertz CT molecular complexity index is 802. The Morgan fingerprint density at radius 1 is 1.27 bits per heavy atom. The second-order valence-electron chi connectivity index (χ2n) is 8.14. The van der Waals surface area contributed by atoms with Crippen LogP contribution in [-0.4, -0.2) is 45.8 Å². The molecule has 2 aromatic heterocycles. The molecule has 0 spiro atoms. The number of aromatic nitrogens is 3. The van der Waals surface area contributed by atoms with Crippen LogP contribution in [0.5, 0.6) is 0 Å². The van der Waals surface area contributed by atoms with Gasteiger partial charge in [-0.15, -0.1) is 0 Å². The molecule has 7 heteroatoms. The molecule has 2 aromatic rings. The fourth-order valence-electron chi connectivity index (χ4n) is 3.45. The zero-order chi connectivity index (χ0) is 18.9. The Kier molecular flexibility index (Phi) is 4.98. The number of nitrogens with one attached hydrogen (secondary N) is 1. The molecule has 1 fully saturated rings. The monoisotopic (exact) mass is 357 g/mol. The number of pyridine rings is 1. The van der Waals surface area contributed by atoms with Crippen LogP contribution in [0.1, 0.15) is 39.7 Å². The van der Waals surface area contributed by atoms with Crippen LogP contribution in [0.3, 0.4) is 0 Å². The molecule has 1 saturated heterocycles. The van der Waals surface area contributed by atoms with Crippen LogP contribution in [0.4, 0.5) is 10.6 Å². The lowest BCUT2D eigenvalue weighted by Crippen LogP contribution is -2.51. The third-order valence-electron chi connectivity index (χ3n) is 4.39. The number of amides is 1. The molecular weight excluding hydrogens is 330 g/mol. The molecule has 140 valence electrons. The molecule has 3 heterocycles. The van der Waals surface area contributed by atoms with Gasteiger partial charge in [0.1, 0.15) is 17.7 Å². The van der Waals surface area contributed by atoms with E-state index >= 15 is 0 Å². The van der Waals surface area contributed by atoms with Gasteiger partial charge in [0, 0.05) is 25.5 Å². The van der Waals surface area contributed by atoms with Crippen molar-refractivity contribution < 1.29 is 9.53 Å². The molecule has 0 saturated carbocycles. The molecule has 1 N–H and O–H groups in total. The Hall–Kier alpha value is -2.44. The highest BCUT2D eigenvalue weighted by molar-refractivity contribution is 5.90. The predicted octanol–water partition coefficient (Wildman–Crippen LogP) is 3.07. The standard InChI is InChI=1S/C19H27N5O2/c1-12-6-14(23-18(25)26-19(3,4)5)10-24(9-12)17-15-8-20-11-22-16(15)13(2)7-21-17/h7-8,11-12,14H,6,9-10H2,1-5H3,(H,23,25)/t12-,14+/m0/s1. The van der Waals surface area contributed by atoms with Crippen molar-refractivity contribution in [2.24, 2.45) is 5.92 Å². The van der Waals surface area contributed by atoms with Crippen molar-refractivity contribution >= 4 is 22.8 Å². The fraction of sp³-hybridized carbons (Fsp3) is 0.579. The van der Waals surface area contributed by atoms with Crippen LogP contribution in [0.25, 0.3) is 10.9 Å². The summed E-state index contributed by atoms with van der Waals surface area (Å²) in [6.07, 6.45) is 5.76. The summed E-state index contributed by atoms with van der Waals surface area (Å²) in [5, 5.41) is 3.95. The topological polar surface area (TPSA) is 80.2 Å². The van der Waals surface area contributed by atoms with Gasteiger partial charge in [-0.25, -0.2) is 19.7 Å². The molecule has 0 radical (unpaired) electrons. The van der Waals surface area contributed by atoms with E-state index in [0.717, 1.165) is 35.2 Å². The minimum Gasteiger partial charge on any atom is -0.444 e. The van der Waals surface area contributed by atoms with Crippen LogP contribution in [0.2, 0.25) is 0 Å². The number of rotatable bonds is 2. The number of anilines is 1. The molecule has 0 aromatic carbocycles. The highest BCUT2D eigenvalue weighted by Gasteiger charge is 2.29. The third kappa shape index (κ3) is 4.20. The number of piperidine rings is 1. The Morgan fingerprint density at radius 2 is 2.04 bits per heavy atom. The summed E-state index contributed by atoms with van der Waals surface area (Å²) in [7, 11) is 0. The van der Waals surface area contributed by atoms with Crippen LogP contribution < -0.4 is 10.2 Å². The fourth-order valence-corrected chi connectivity index (χ4v) is 3.45. The molecule has 3 rings (SSSR count). The van der Waals surface area contributed by atoms with E-state index in [1.54, 1.807) is 6.33 Å². The van der Waals surface area contributed by atoms with Crippen molar-refractivity contribution in [2.75, 3.05) is 18.0 Å². The number of ether oxygens (including phenoxy) is 1. The van der Waals surface area contributed by atoms with Crippen molar-refractivity contribution in [1.29, 1.82) is 0 Å². The van der Waals surface area contributed by atoms with Crippen LogP contribution in [0, 0.1) is 12.8 Å². The molecule has 1 aliphatic rings. The highest BCUT2D eigenvalue weighted by atomic mass is 16.6. The van der Waals surface area contributed by atoms with E-state index in [9.17, 15) is 4.79 Å². The van der Waals surface area contributed by atoms with Gasteiger partial charge in [-0.3, -0.25) is 0 Å². The van der Waals surface area contributed by atoms with Gasteiger partial charge in [0.2, 0.25) is 0 Å². The van der Waals surface area contributed by atoms with Gasteiger partial charge in [0.05, 0.1) is 16.9 Å². The second kappa shape index (κ2) is 7.05. The van der Waals surface area contributed by atoms with Crippen molar-refractivity contribution in [3.8, 4) is 0 Å². The average molecular weight is 357 g/mol. The number of hydrogen-bond donors (Lipinski definition) is 1. The normalized spacial score (nSPS) is 20.9. The van der Waals surface area contributed by atoms with Crippen molar-refractivity contribution in [2.45, 2.75) is 52.7 Å². The van der Waals surface area contributed by atoms with Gasteiger partial charge < -0.3 is 15.0 Å². The molecule has 1 amide bonds. The van der Waals surface area contributed by atoms with E-state index in [-0.39, 0.29) is 12.1 Å². The molecule has 2 atom stereocenters. The van der Waals surface area contributed by atoms with Crippen LogP contribution in [-0.2, 0) is 4.74 Å². The minimum absolute atomic E-state index is 0.0105. The SMILES string of the molecule is Cc1cnc(N2C[C@@H](C)C[C@@H](NC(=O)OC(C)(C)C)C2)c2cncnc12. The summed E-state index contributed by atoms with van der Waals surface area (Å²) in [5.74, 6) is 1.29. The smallest absolute Gasteiger partial charge is 0.407 e. The van der Waals surface area contributed by atoms with Gasteiger partial charge in [-0.1, -0.05) is 6.92 Å². The predicted molar refractivity (Wildman–Crippen MR) is 101 cm³/mol. The Balaban J connectivity index is 1.81. The molecule has 26 heavy (non-hydrogen) atoms. The quantitative estimate of drug-likeness (QED) is 0.890. The first-order valence-corrected chi connectivity index (χ1v) is 9.02. The van der Waals surface area contributed by atoms with Gasteiger partial charge in [-0.2, -0.15) is 0 Å². The second-order valence-corrected chi connectivity index (χ2v) is 8.14. The third-order valence-corrected chi connectivity index (χ3v) is 4.39. The van der Waals surface area contributed by atoms with Gasteiger partial charge in [0.15, 0.2) is 0 Å². The lowest BCUT2D eigenvalue weighted by Gasteiger charge is -2.38. The summed E-state index contributed by atoms with van der Waals surface area (Å²) in [6.45, 7) is 11.3. The Labute approximate surface area is 154 Å². The zero-order valence-corrected chi connectivity index (χ0v) is 16.1. The van der Waals surface area contributed by atoms with E-state index in [0.29, 0.717) is 12.5 Å². The molecule has 0 unspecified atom stereocenters. The number of carbonyl (C=O) groups excluding carboxylic acids is 1. The molecule has 0 bridgehead atoms. The highest BCUT2D eigenvalue weighted by Crippen LogP contribution is 2.28. The number of hydrogen-bond acceptors (Lipinski definition) is 6. The summed E-state index contributed by atoms with van der Waals surface area (Å²) in [5.41, 5.74) is 1.44. The lowest BCUT2D eigenvalue weighted by molar-refractivity contribution is 0.0495. The first-order chi connectivity index (χ1) is 12.2. The summed E-state index contributed by atoms with van der Waals surface area (Å²) < 4.78 is 5.40. The summed E-state index contributed by atoms with van der Waals surface area (Å²) in [6, 6.07) is 0.0105. The molecule has 0 aliphatic carbocycles. The van der Waals surface area contributed by atoms with Gasteiger partial charge in [-0.05, 0) is 45.6 Å². The van der Waals surface area contributed by atoms with Crippen LogP contribution in [0.15, 0.2) is 18.7 Å². The lowest BCUT2D eigenvalue weighted by atomic mass is 9.95. The number of aryl methyl sites for hydroxylation is 1. The number of carbonyl (C=O) groups is 1.